The van der Waals surface area contributed by atoms with E-state index < -0.39 is 11.8 Å². The number of carbonyl (C=O) groups excluding carboxylic acids is 2. The van der Waals surface area contributed by atoms with Crippen LogP contribution in [0.5, 0.6) is 0 Å². The molecule has 0 aromatic heterocycles. The first kappa shape index (κ1) is 29.2. The van der Waals surface area contributed by atoms with Crippen LogP contribution in [-0.4, -0.2) is 25.5 Å². The molecule has 5 nitrogen and oxygen atoms in total. The second kappa shape index (κ2) is 22.7. The SMILES string of the molecule is C.C.CC([NH-])=O.COCC([NH-])=O.[Y]. The smallest absolute Gasteiger partial charge is 0.0873 e. The zero-order chi connectivity index (χ0) is 8.57. The monoisotopic (exact) mass is 267 g/mol. The third-order valence-electron chi connectivity index (χ3n) is 0.275. The van der Waals surface area contributed by atoms with E-state index in [2.05, 4.69) is 4.74 Å². The second-order valence-electron chi connectivity index (χ2n) is 1.41. The summed E-state index contributed by atoms with van der Waals surface area (Å²) in [5.74, 6) is -1.27. The molecular weight excluding hydrogens is 249 g/mol. The van der Waals surface area contributed by atoms with E-state index in [1.165, 1.54) is 14.0 Å². The van der Waals surface area contributed by atoms with Crippen LogP contribution in [0.2, 0.25) is 0 Å². The fourth-order valence-electron chi connectivity index (χ4n) is 0.131. The van der Waals surface area contributed by atoms with E-state index in [4.69, 9.17) is 16.3 Å². The molecule has 0 bridgehead atoms. The number of hydrogen-bond donors (Lipinski definition) is 0. The molecule has 13 heavy (non-hydrogen) atoms. The fourth-order valence-corrected chi connectivity index (χ4v) is 0.131. The number of amides is 2. The molecule has 1 radical (unpaired) electrons. The van der Waals surface area contributed by atoms with Gasteiger partial charge in [-0.2, -0.15) is 0 Å². The van der Waals surface area contributed by atoms with Crippen molar-refractivity contribution < 1.29 is 47.0 Å². The van der Waals surface area contributed by atoms with Gasteiger partial charge in [0, 0.05) is 45.7 Å². The van der Waals surface area contributed by atoms with Gasteiger partial charge in [-0.3, -0.25) is 0 Å². The molecule has 0 saturated carbocycles. The van der Waals surface area contributed by atoms with Gasteiger partial charge in [-0.1, -0.05) is 14.9 Å². The molecule has 2 N–H and O–H groups in total. The quantitative estimate of drug-likeness (QED) is 0.766. The number of rotatable bonds is 2. The molecule has 0 heterocycles. The van der Waals surface area contributed by atoms with Crippen LogP contribution < -0.4 is 0 Å². The fraction of sp³-hybridized carbons (Fsp3) is 0.714. The minimum atomic E-state index is -0.683. The van der Waals surface area contributed by atoms with E-state index >= 15 is 0 Å². The third kappa shape index (κ3) is 133. The molecule has 6 heteroatoms. The molecule has 79 valence electrons. The van der Waals surface area contributed by atoms with Crippen LogP contribution in [0, 0.1) is 0 Å². The van der Waals surface area contributed by atoms with Crippen molar-refractivity contribution >= 4 is 11.8 Å². The summed E-state index contributed by atoms with van der Waals surface area (Å²) >= 11 is 0. The summed E-state index contributed by atoms with van der Waals surface area (Å²) in [6, 6.07) is 0. The van der Waals surface area contributed by atoms with Crippen molar-refractivity contribution in [3.8, 4) is 0 Å². The van der Waals surface area contributed by atoms with Gasteiger partial charge in [-0.05, 0) is 6.92 Å². The van der Waals surface area contributed by atoms with Gasteiger partial charge in [0.15, 0.2) is 0 Å². The summed E-state index contributed by atoms with van der Waals surface area (Å²) < 4.78 is 4.27. The standard InChI is InChI=1S/C3H7NO2.C2H5NO.2CH4.Y/c1-6-2-3(4)5;1-2(3)4;;;/h2H2,1H3,(H2,4,5);1H3,(H2,3,4);2*1H4;/p-2. The van der Waals surface area contributed by atoms with Gasteiger partial charge in [-0.15, -0.1) is 0 Å². The van der Waals surface area contributed by atoms with Gasteiger partial charge in [0.2, 0.25) is 0 Å². The Morgan fingerprint density at radius 1 is 1.23 bits per heavy atom. The first-order chi connectivity index (χ1) is 4.50. The van der Waals surface area contributed by atoms with E-state index in [0.717, 1.165) is 0 Å². The zero-order valence-electron chi connectivity index (χ0n) is 6.51. The van der Waals surface area contributed by atoms with Gasteiger partial charge in [0.1, 0.15) is 0 Å². The number of nitrogens with one attached hydrogen (secondary N) is 2. The molecule has 0 rings (SSSR count). The maximum Gasteiger partial charge on any atom is 0.0873 e. The molecule has 0 aliphatic carbocycles. The van der Waals surface area contributed by atoms with E-state index in [-0.39, 0.29) is 54.2 Å². The van der Waals surface area contributed by atoms with Gasteiger partial charge in [-0.25, -0.2) is 0 Å². The van der Waals surface area contributed by atoms with Crippen LogP contribution in [0.1, 0.15) is 21.8 Å². The molecule has 0 aliphatic rings. The van der Waals surface area contributed by atoms with Gasteiger partial charge < -0.3 is 25.8 Å². The normalized spacial score (nSPS) is 5.69. The largest absolute Gasteiger partial charge is 0.668 e. The Balaban J connectivity index is -0.0000000279. The number of hydrogen-bond acceptors (Lipinski definition) is 3. The minimum absolute atomic E-state index is 0. The molecule has 0 aromatic carbocycles. The van der Waals surface area contributed by atoms with Crippen molar-refractivity contribution in [2.24, 2.45) is 0 Å². The average molecular weight is 267 g/mol. The van der Waals surface area contributed by atoms with E-state index in [9.17, 15) is 4.79 Å². The third-order valence-corrected chi connectivity index (χ3v) is 0.275. The Labute approximate surface area is 105 Å². The zero-order valence-corrected chi connectivity index (χ0v) is 9.35. The van der Waals surface area contributed by atoms with Crippen LogP contribution in [0.3, 0.4) is 0 Å². The average Bonchev–Trinajstić information content (AvgIpc) is 1.62. The summed E-state index contributed by atoms with van der Waals surface area (Å²) in [5, 5.41) is 0. The predicted octanol–water partition coefficient (Wildman–Crippen LogP) is 2.07. The summed E-state index contributed by atoms with van der Waals surface area (Å²) in [5.41, 5.74) is 12.2. The molecule has 0 atom stereocenters. The van der Waals surface area contributed by atoms with Gasteiger partial charge in [0.05, 0.1) is 12.5 Å². The molecule has 0 fully saturated rings. The molecule has 0 saturated heterocycles. The Morgan fingerprint density at radius 3 is 1.46 bits per heavy atom. The van der Waals surface area contributed by atoms with E-state index in [1.807, 2.05) is 0 Å². The maximum absolute atomic E-state index is 9.59. The van der Waals surface area contributed by atoms with Crippen molar-refractivity contribution in [2.75, 3.05) is 13.7 Å². The second-order valence-corrected chi connectivity index (χ2v) is 1.41. The Kier molecular flexibility index (Phi) is 51.0. The van der Waals surface area contributed by atoms with Crippen molar-refractivity contribution in [3.63, 3.8) is 0 Å². The number of methoxy groups -OCH3 is 1. The summed E-state index contributed by atoms with van der Waals surface area (Å²) in [6.45, 7) is 1.10. The molecule has 0 spiro atoms. The Morgan fingerprint density at radius 2 is 1.46 bits per heavy atom. The molecule has 0 aromatic rings. The molecule has 2 amide bonds. The molecule has 0 aliphatic heterocycles. The number of carbonyl (C=O) groups is 2. The van der Waals surface area contributed by atoms with Gasteiger partial charge >= 0.3 is 0 Å². The Hall–Kier alpha value is 0.00390. The van der Waals surface area contributed by atoms with Crippen LogP contribution in [0.15, 0.2) is 0 Å². The minimum Gasteiger partial charge on any atom is -0.668 e. The Bertz CT molecular complexity index is 116. The van der Waals surface area contributed by atoms with Crippen LogP contribution in [-0.2, 0) is 47.0 Å². The predicted molar refractivity (Wildman–Crippen MR) is 49.7 cm³/mol. The van der Waals surface area contributed by atoms with E-state index in [0.29, 0.717) is 0 Å². The van der Waals surface area contributed by atoms with E-state index in [1.54, 1.807) is 0 Å². The van der Waals surface area contributed by atoms with Crippen molar-refractivity contribution in [1.82, 2.24) is 0 Å². The van der Waals surface area contributed by atoms with Crippen LogP contribution in [0.4, 0.5) is 0 Å². The topological polar surface area (TPSA) is 91.0 Å². The first-order valence-corrected chi connectivity index (χ1v) is 2.46. The molecular formula is C7H18N2O3Y-2. The number of ether oxygens (including phenoxy) is 1. The van der Waals surface area contributed by atoms with Crippen molar-refractivity contribution in [1.29, 1.82) is 0 Å². The summed E-state index contributed by atoms with van der Waals surface area (Å²) in [6.07, 6.45) is 0. The van der Waals surface area contributed by atoms with Crippen LogP contribution >= 0.6 is 0 Å². The van der Waals surface area contributed by atoms with Crippen LogP contribution in [0.25, 0.3) is 11.5 Å². The summed E-state index contributed by atoms with van der Waals surface area (Å²) in [7, 11) is 1.38. The van der Waals surface area contributed by atoms with Crippen molar-refractivity contribution in [3.05, 3.63) is 11.5 Å². The molecule has 0 unspecified atom stereocenters. The summed E-state index contributed by atoms with van der Waals surface area (Å²) in [4.78, 5) is 18.7. The van der Waals surface area contributed by atoms with Gasteiger partial charge in [0.25, 0.3) is 0 Å². The maximum atomic E-state index is 9.59. The first-order valence-electron chi connectivity index (χ1n) is 2.46. The van der Waals surface area contributed by atoms with Crippen molar-refractivity contribution in [2.45, 2.75) is 21.8 Å².